The number of sulfonamides is 1. The molecule has 1 amide bonds. The Morgan fingerprint density at radius 3 is 2.78 bits per heavy atom. The minimum Gasteiger partial charge on any atom is -0.379 e. The molecule has 1 unspecified atom stereocenters. The van der Waals surface area contributed by atoms with E-state index < -0.39 is 10.0 Å². The highest BCUT2D eigenvalue weighted by Gasteiger charge is 2.30. The monoisotopic (exact) mass is 342 g/mol. The summed E-state index contributed by atoms with van der Waals surface area (Å²) >= 11 is 0. The van der Waals surface area contributed by atoms with Gasteiger partial charge in [0.05, 0.1) is 13.2 Å². The first-order valence-corrected chi connectivity index (χ1v) is 9.22. The number of rotatable bonds is 6. The molecule has 8 nitrogen and oxygen atoms in total. The van der Waals surface area contributed by atoms with Crippen LogP contribution in [0.1, 0.15) is 23.3 Å². The number of amides is 1. The second-order valence-corrected chi connectivity index (χ2v) is 7.91. The normalized spacial score (nSPS) is 21.1. The van der Waals surface area contributed by atoms with Crippen LogP contribution >= 0.6 is 0 Å². The number of aromatic nitrogens is 1. The number of nitrogens with zero attached hydrogens (tertiary/aromatic N) is 1. The van der Waals surface area contributed by atoms with E-state index in [1.165, 1.54) is 16.6 Å². The van der Waals surface area contributed by atoms with Crippen molar-refractivity contribution in [2.45, 2.75) is 23.8 Å². The fourth-order valence-electron chi connectivity index (χ4n) is 2.59. The number of nitrogens with two attached hydrogens (primary N) is 1. The molecule has 128 valence electrons. The van der Waals surface area contributed by atoms with Gasteiger partial charge in [-0.15, -0.1) is 0 Å². The molecule has 0 aromatic carbocycles. The van der Waals surface area contributed by atoms with Gasteiger partial charge in [-0.1, -0.05) is 0 Å². The molecule has 1 aromatic rings. The van der Waals surface area contributed by atoms with Crippen LogP contribution in [0.5, 0.6) is 0 Å². The van der Waals surface area contributed by atoms with E-state index in [0.717, 1.165) is 12.8 Å². The summed E-state index contributed by atoms with van der Waals surface area (Å²) in [6.07, 6.45) is 3.57. The molecule has 1 saturated heterocycles. The number of ether oxygens (including phenoxy) is 1. The lowest BCUT2D eigenvalue weighted by Gasteiger charge is -2.25. The van der Waals surface area contributed by atoms with Crippen LogP contribution in [0.4, 0.5) is 0 Å². The van der Waals surface area contributed by atoms with Gasteiger partial charge in [-0.2, -0.15) is 4.31 Å². The van der Waals surface area contributed by atoms with E-state index in [1.807, 2.05) is 0 Å². The summed E-state index contributed by atoms with van der Waals surface area (Å²) in [5.41, 5.74) is 6.16. The van der Waals surface area contributed by atoms with Crippen molar-refractivity contribution in [3.63, 3.8) is 0 Å². The molecule has 0 spiro atoms. The first kappa shape index (κ1) is 16.4. The average molecular weight is 342 g/mol. The minimum atomic E-state index is -3.59. The second-order valence-electron chi connectivity index (χ2n) is 5.98. The summed E-state index contributed by atoms with van der Waals surface area (Å²) in [7, 11) is -3.59. The van der Waals surface area contributed by atoms with Crippen LogP contribution in [0.25, 0.3) is 0 Å². The van der Waals surface area contributed by atoms with E-state index in [2.05, 4.69) is 10.3 Å². The predicted octanol–water partition coefficient (Wildman–Crippen LogP) is -0.497. The topological polar surface area (TPSA) is 118 Å². The molecule has 0 bridgehead atoms. The van der Waals surface area contributed by atoms with Crippen molar-refractivity contribution in [3.8, 4) is 0 Å². The number of hydrogen-bond donors (Lipinski definition) is 3. The minimum absolute atomic E-state index is 0.0366. The standard InChI is InChI=1S/C14H22N4O4S/c15-12(10-1-2-10)9-17-14(19)13-7-11(8-16-13)23(20,21)18-3-5-22-6-4-18/h7-8,10,12,16H,1-6,9,15H2,(H,17,19). The number of hydrogen-bond acceptors (Lipinski definition) is 5. The van der Waals surface area contributed by atoms with Gasteiger partial charge >= 0.3 is 0 Å². The van der Waals surface area contributed by atoms with Crippen molar-refractivity contribution in [1.29, 1.82) is 0 Å². The average Bonchev–Trinajstić information content (AvgIpc) is 3.29. The summed E-state index contributed by atoms with van der Waals surface area (Å²) in [5, 5.41) is 2.74. The maximum atomic E-state index is 12.5. The van der Waals surface area contributed by atoms with Crippen LogP contribution < -0.4 is 11.1 Å². The Morgan fingerprint density at radius 2 is 2.13 bits per heavy atom. The fraction of sp³-hybridized carbons (Fsp3) is 0.643. The van der Waals surface area contributed by atoms with Gasteiger partial charge < -0.3 is 20.8 Å². The Hall–Kier alpha value is -1.42. The third-order valence-electron chi connectivity index (χ3n) is 4.23. The van der Waals surface area contributed by atoms with Crippen LogP contribution in [0.2, 0.25) is 0 Å². The Labute approximate surface area is 135 Å². The van der Waals surface area contributed by atoms with Crippen molar-refractivity contribution >= 4 is 15.9 Å². The molecular weight excluding hydrogens is 320 g/mol. The van der Waals surface area contributed by atoms with E-state index in [9.17, 15) is 13.2 Å². The molecule has 23 heavy (non-hydrogen) atoms. The molecule has 1 aromatic heterocycles. The second kappa shape index (κ2) is 6.60. The van der Waals surface area contributed by atoms with Gasteiger partial charge in [0, 0.05) is 31.9 Å². The molecular formula is C14H22N4O4S. The van der Waals surface area contributed by atoms with Crippen LogP contribution in [0.15, 0.2) is 17.2 Å². The van der Waals surface area contributed by atoms with Crippen LogP contribution in [-0.4, -0.2) is 62.5 Å². The quantitative estimate of drug-likeness (QED) is 0.644. The predicted molar refractivity (Wildman–Crippen MR) is 83.4 cm³/mol. The summed E-state index contributed by atoms with van der Waals surface area (Å²) in [6, 6.07) is 1.33. The highest BCUT2D eigenvalue weighted by Crippen LogP contribution is 2.31. The van der Waals surface area contributed by atoms with Crippen molar-refractivity contribution in [2.75, 3.05) is 32.8 Å². The lowest BCUT2D eigenvalue weighted by atomic mass is 10.2. The van der Waals surface area contributed by atoms with Crippen molar-refractivity contribution < 1.29 is 17.9 Å². The van der Waals surface area contributed by atoms with Gasteiger partial charge in [0.1, 0.15) is 10.6 Å². The summed E-state index contributed by atoms with van der Waals surface area (Å²) in [4.78, 5) is 14.9. The van der Waals surface area contributed by atoms with Crippen LogP contribution in [0, 0.1) is 5.92 Å². The molecule has 1 atom stereocenters. The van der Waals surface area contributed by atoms with Crippen molar-refractivity contribution in [2.24, 2.45) is 11.7 Å². The lowest BCUT2D eigenvalue weighted by Crippen LogP contribution is -2.40. The SMILES string of the molecule is NC(CNC(=O)c1cc(S(=O)(=O)N2CCOCC2)c[nH]1)C1CC1. The first-order chi connectivity index (χ1) is 11.0. The van der Waals surface area contributed by atoms with Gasteiger partial charge in [-0.25, -0.2) is 8.42 Å². The number of morpholine rings is 1. The van der Waals surface area contributed by atoms with E-state index >= 15 is 0 Å². The zero-order chi connectivity index (χ0) is 16.4. The first-order valence-electron chi connectivity index (χ1n) is 7.78. The van der Waals surface area contributed by atoms with Gasteiger partial charge in [0.2, 0.25) is 10.0 Å². The van der Waals surface area contributed by atoms with E-state index in [-0.39, 0.29) is 22.5 Å². The molecule has 3 rings (SSSR count). The number of nitrogens with one attached hydrogen (secondary N) is 2. The van der Waals surface area contributed by atoms with Crippen molar-refractivity contribution in [1.82, 2.24) is 14.6 Å². The molecule has 2 aliphatic rings. The fourth-order valence-corrected chi connectivity index (χ4v) is 3.99. The van der Waals surface area contributed by atoms with E-state index in [1.54, 1.807) is 0 Å². The van der Waals surface area contributed by atoms with Gasteiger partial charge in [0.25, 0.3) is 5.91 Å². The number of H-pyrrole nitrogens is 1. The van der Waals surface area contributed by atoms with E-state index in [4.69, 9.17) is 10.5 Å². The van der Waals surface area contributed by atoms with E-state index in [0.29, 0.717) is 38.8 Å². The zero-order valence-corrected chi connectivity index (χ0v) is 13.6. The maximum absolute atomic E-state index is 12.5. The lowest BCUT2D eigenvalue weighted by molar-refractivity contribution is 0.0730. The Balaban J connectivity index is 1.63. The van der Waals surface area contributed by atoms with Gasteiger partial charge in [-0.05, 0) is 24.8 Å². The third kappa shape index (κ3) is 3.74. The summed E-state index contributed by atoms with van der Waals surface area (Å²) < 4.78 is 31.5. The van der Waals surface area contributed by atoms with Gasteiger partial charge in [0.15, 0.2) is 0 Å². The molecule has 1 saturated carbocycles. The molecule has 1 aliphatic carbocycles. The summed E-state index contributed by atoms with van der Waals surface area (Å²) in [6.45, 7) is 1.82. The number of aromatic amines is 1. The number of carbonyl (C=O) groups excluding carboxylic acids is 1. The van der Waals surface area contributed by atoms with Crippen LogP contribution in [0.3, 0.4) is 0 Å². The molecule has 2 heterocycles. The maximum Gasteiger partial charge on any atom is 0.267 e. The Morgan fingerprint density at radius 1 is 1.43 bits per heavy atom. The van der Waals surface area contributed by atoms with Gasteiger partial charge in [-0.3, -0.25) is 4.79 Å². The largest absolute Gasteiger partial charge is 0.379 e. The molecule has 1 aliphatic heterocycles. The molecule has 4 N–H and O–H groups in total. The third-order valence-corrected chi connectivity index (χ3v) is 6.11. The molecule has 2 fully saturated rings. The summed E-state index contributed by atoms with van der Waals surface area (Å²) in [5.74, 6) is 0.153. The zero-order valence-electron chi connectivity index (χ0n) is 12.8. The Bertz CT molecular complexity index is 662. The van der Waals surface area contributed by atoms with Crippen molar-refractivity contribution in [3.05, 3.63) is 18.0 Å². The molecule has 0 radical (unpaired) electrons. The molecule has 9 heteroatoms. The highest BCUT2D eigenvalue weighted by molar-refractivity contribution is 7.89. The highest BCUT2D eigenvalue weighted by atomic mass is 32.2. The number of carbonyl (C=O) groups is 1. The van der Waals surface area contributed by atoms with Crippen LogP contribution in [-0.2, 0) is 14.8 Å². The Kier molecular flexibility index (Phi) is 4.72. The smallest absolute Gasteiger partial charge is 0.267 e.